The summed E-state index contributed by atoms with van der Waals surface area (Å²) in [6.45, 7) is 4.04. The maximum atomic E-state index is 13.0. The van der Waals surface area contributed by atoms with Crippen LogP contribution in [-0.2, 0) is 23.9 Å². The number of benzene rings is 2. The number of carbonyl (C=O) groups is 4. The van der Waals surface area contributed by atoms with Crippen LogP contribution in [0.3, 0.4) is 0 Å². The Hall–Kier alpha value is -4.03. The second-order valence-corrected chi connectivity index (χ2v) is 9.43. The molecule has 0 saturated carbocycles. The monoisotopic (exact) mass is 555 g/mol. The number of rotatable bonds is 10. The van der Waals surface area contributed by atoms with E-state index in [1.807, 2.05) is 18.2 Å². The summed E-state index contributed by atoms with van der Waals surface area (Å²) in [5.41, 5.74) is 2.04. The second kappa shape index (κ2) is 13.2. The number of amides is 3. The maximum Gasteiger partial charge on any atom is 0.343 e. The zero-order valence-corrected chi connectivity index (χ0v) is 22.5. The van der Waals surface area contributed by atoms with Crippen molar-refractivity contribution in [3.63, 3.8) is 0 Å². The van der Waals surface area contributed by atoms with Gasteiger partial charge in [0.1, 0.15) is 6.54 Å². The smallest absolute Gasteiger partial charge is 0.343 e. The number of thioether (sulfide) groups is 1. The van der Waals surface area contributed by atoms with Crippen LogP contribution in [0.25, 0.3) is 6.08 Å². The zero-order chi connectivity index (χ0) is 27.8. The van der Waals surface area contributed by atoms with E-state index in [-0.39, 0.29) is 11.5 Å². The molecule has 0 bridgehead atoms. The van der Waals surface area contributed by atoms with E-state index in [1.165, 1.54) is 7.11 Å². The van der Waals surface area contributed by atoms with Gasteiger partial charge in [0, 0.05) is 13.1 Å². The third-order valence-electron chi connectivity index (χ3n) is 5.84. The highest BCUT2D eigenvalue weighted by molar-refractivity contribution is 8.18. The highest BCUT2D eigenvalue weighted by Crippen LogP contribution is 2.35. The summed E-state index contributed by atoms with van der Waals surface area (Å²) in [7, 11) is 1.26. The molecule has 1 N–H and O–H groups in total. The molecule has 2 saturated heterocycles. The van der Waals surface area contributed by atoms with Gasteiger partial charge in [0.05, 0.1) is 43.2 Å². The summed E-state index contributed by atoms with van der Waals surface area (Å²) < 4.78 is 21.0. The van der Waals surface area contributed by atoms with Gasteiger partial charge in [-0.05, 0) is 54.6 Å². The molecule has 2 aliphatic heterocycles. The number of imide groups is 1. The first-order valence-electron chi connectivity index (χ1n) is 12.3. The molecular weight excluding hydrogens is 526 g/mol. The minimum absolute atomic E-state index is 0.173. The Bertz CT molecular complexity index is 1280. The van der Waals surface area contributed by atoms with E-state index in [1.54, 1.807) is 37.3 Å². The topological polar surface area (TPSA) is 124 Å². The van der Waals surface area contributed by atoms with Crippen molar-refractivity contribution in [3.05, 3.63) is 52.9 Å². The Kier molecular flexibility index (Phi) is 9.45. The van der Waals surface area contributed by atoms with Gasteiger partial charge in [-0.2, -0.15) is 0 Å². The van der Waals surface area contributed by atoms with Crippen LogP contribution in [0, 0.1) is 0 Å². The Morgan fingerprint density at radius 2 is 1.85 bits per heavy atom. The van der Waals surface area contributed by atoms with E-state index >= 15 is 0 Å². The van der Waals surface area contributed by atoms with Gasteiger partial charge in [0.15, 0.2) is 18.1 Å². The standard InChI is InChI=1S/C27H29N3O8S/c1-3-37-22-14-18(8-9-21(22)38-17-25(32)35-2)15-23-26(33)30(27(34)39-23)16-24(31)28-19-6-4-5-7-20(19)29-10-12-36-13-11-29/h4-9,14-15H,3,10-13,16-17H2,1-2H3,(H,28,31)/b23-15+. The molecule has 0 radical (unpaired) electrons. The van der Waals surface area contributed by atoms with Crippen LogP contribution in [0.1, 0.15) is 12.5 Å². The SMILES string of the molecule is CCOc1cc(/C=C2/SC(=O)N(CC(=O)Nc3ccccc3N3CCOCC3)C2=O)ccc1OCC(=O)OC. The lowest BCUT2D eigenvalue weighted by Gasteiger charge is -2.30. The summed E-state index contributed by atoms with van der Waals surface area (Å²) >= 11 is 0.755. The van der Waals surface area contributed by atoms with Crippen LogP contribution < -0.4 is 19.7 Å². The average molecular weight is 556 g/mol. The number of morpholine rings is 1. The van der Waals surface area contributed by atoms with Gasteiger partial charge in [0.2, 0.25) is 5.91 Å². The predicted octanol–water partition coefficient (Wildman–Crippen LogP) is 3.15. The summed E-state index contributed by atoms with van der Waals surface area (Å²) in [5.74, 6) is -0.881. The Morgan fingerprint density at radius 3 is 2.59 bits per heavy atom. The van der Waals surface area contributed by atoms with Gasteiger partial charge in [-0.15, -0.1) is 0 Å². The van der Waals surface area contributed by atoms with Gasteiger partial charge in [-0.25, -0.2) is 4.79 Å². The third-order valence-corrected chi connectivity index (χ3v) is 6.75. The molecule has 3 amide bonds. The minimum Gasteiger partial charge on any atom is -0.490 e. The van der Waals surface area contributed by atoms with Gasteiger partial charge in [0.25, 0.3) is 11.1 Å². The van der Waals surface area contributed by atoms with E-state index < -0.39 is 29.6 Å². The van der Waals surface area contributed by atoms with Crippen molar-refractivity contribution in [1.82, 2.24) is 4.90 Å². The van der Waals surface area contributed by atoms with E-state index in [0.29, 0.717) is 55.7 Å². The fourth-order valence-electron chi connectivity index (χ4n) is 3.98. The molecule has 12 heteroatoms. The number of methoxy groups -OCH3 is 1. The van der Waals surface area contributed by atoms with Crippen molar-refractivity contribution in [3.8, 4) is 11.5 Å². The molecule has 0 spiro atoms. The highest BCUT2D eigenvalue weighted by Gasteiger charge is 2.36. The van der Waals surface area contributed by atoms with Gasteiger partial charge < -0.3 is 29.2 Å². The van der Waals surface area contributed by atoms with Crippen molar-refractivity contribution in [2.75, 3.05) is 63.4 Å². The van der Waals surface area contributed by atoms with Crippen LogP contribution >= 0.6 is 11.8 Å². The second-order valence-electron chi connectivity index (χ2n) is 8.44. The largest absolute Gasteiger partial charge is 0.490 e. The summed E-state index contributed by atoms with van der Waals surface area (Å²) in [6.07, 6.45) is 1.54. The normalized spacial score (nSPS) is 16.4. The molecule has 0 atom stereocenters. The molecule has 206 valence electrons. The van der Waals surface area contributed by atoms with E-state index in [0.717, 1.165) is 22.3 Å². The molecule has 0 aromatic heterocycles. The maximum absolute atomic E-state index is 13.0. The molecular formula is C27H29N3O8S. The molecule has 2 fully saturated rings. The van der Waals surface area contributed by atoms with Crippen molar-refractivity contribution < 1.29 is 38.1 Å². The van der Waals surface area contributed by atoms with Crippen molar-refractivity contribution in [2.24, 2.45) is 0 Å². The molecule has 0 aliphatic carbocycles. The molecule has 2 aromatic carbocycles. The summed E-state index contributed by atoms with van der Waals surface area (Å²) in [5, 5.41) is 2.30. The Balaban J connectivity index is 1.44. The van der Waals surface area contributed by atoms with Crippen LogP contribution in [-0.4, -0.2) is 81.1 Å². The number of carbonyl (C=O) groups excluding carboxylic acids is 4. The summed E-state index contributed by atoms with van der Waals surface area (Å²) in [6, 6.07) is 12.3. The van der Waals surface area contributed by atoms with Crippen LogP contribution in [0.15, 0.2) is 47.4 Å². The molecule has 2 aromatic rings. The number of para-hydroxylation sites is 2. The molecule has 39 heavy (non-hydrogen) atoms. The highest BCUT2D eigenvalue weighted by atomic mass is 32.2. The number of nitrogens with zero attached hydrogens (tertiary/aromatic N) is 2. The fraction of sp³-hybridized carbons (Fsp3) is 0.333. The number of nitrogens with one attached hydrogen (secondary N) is 1. The van der Waals surface area contributed by atoms with Crippen molar-refractivity contribution >= 4 is 52.2 Å². The predicted molar refractivity (Wildman–Crippen MR) is 146 cm³/mol. The molecule has 0 unspecified atom stereocenters. The van der Waals surface area contributed by atoms with Crippen LogP contribution in [0.5, 0.6) is 11.5 Å². The molecule has 2 heterocycles. The molecule has 2 aliphatic rings. The van der Waals surface area contributed by atoms with E-state index in [4.69, 9.17) is 14.2 Å². The lowest BCUT2D eigenvalue weighted by Crippen LogP contribution is -2.38. The number of hydrogen-bond acceptors (Lipinski definition) is 10. The molecule has 4 rings (SSSR count). The van der Waals surface area contributed by atoms with Crippen LogP contribution in [0.2, 0.25) is 0 Å². The molecule has 11 nitrogen and oxygen atoms in total. The van der Waals surface area contributed by atoms with Gasteiger partial charge in [-0.3, -0.25) is 19.3 Å². The number of esters is 1. The number of ether oxygens (including phenoxy) is 4. The van der Waals surface area contributed by atoms with Crippen molar-refractivity contribution in [1.29, 1.82) is 0 Å². The van der Waals surface area contributed by atoms with Gasteiger partial charge in [-0.1, -0.05) is 18.2 Å². The Labute approximate surface area is 230 Å². The van der Waals surface area contributed by atoms with Crippen LogP contribution in [0.4, 0.5) is 16.2 Å². The third kappa shape index (κ3) is 7.09. The lowest BCUT2D eigenvalue weighted by atomic mass is 10.2. The average Bonchev–Trinajstić information content (AvgIpc) is 3.20. The quantitative estimate of drug-likeness (QED) is 0.345. The summed E-state index contributed by atoms with van der Waals surface area (Å²) in [4.78, 5) is 53.1. The van der Waals surface area contributed by atoms with E-state index in [9.17, 15) is 19.2 Å². The first kappa shape index (κ1) is 28.0. The Morgan fingerprint density at radius 1 is 1.08 bits per heavy atom. The number of anilines is 2. The fourth-order valence-corrected chi connectivity index (χ4v) is 4.82. The van der Waals surface area contributed by atoms with Gasteiger partial charge >= 0.3 is 5.97 Å². The lowest BCUT2D eigenvalue weighted by molar-refractivity contribution is -0.143. The van der Waals surface area contributed by atoms with E-state index in [2.05, 4.69) is 15.0 Å². The first-order valence-corrected chi connectivity index (χ1v) is 13.1. The first-order chi connectivity index (χ1) is 18.9. The zero-order valence-electron chi connectivity index (χ0n) is 21.6. The number of hydrogen-bond donors (Lipinski definition) is 1. The van der Waals surface area contributed by atoms with Crippen molar-refractivity contribution in [2.45, 2.75) is 6.92 Å². The minimum atomic E-state index is -0.564.